The van der Waals surface area contributed by atoms with Crippen molar-refractivity contribution in [3.05, 3.63) is 29.3 Å². The molecule has 4 N–H and O–H groups in total. The van der Waals surface area contributed by atoms with Gasteiger partial charge in [0.25, 0.3) is 0 Å². The largest absolute Gasteiger partial charge is 0.481 e. The predicted molar refractivity (Wildman–Crippen MR) is 62.5 cm³/mol. The van der Waals surface area contributed by atoms with E-state index < -0.39 is 29.7 Å². The number of carboxylic acid groups (broad SMARTS) is 1. The number of nitrogens with two attached hydrogens (primary N) is 1. The summed E-state index contributed by atoms with van der Waals surface area (Å²) in [5.41, 5.74) is 2.86. The Morgan fingerprint density at radius 3 is 2.32 bits per heavy atom. The molecule has 0 amide bonds. The standard InChI is InChI=1S/C12H14F3NO3/c1-11(4-5-17,10(18)19)8-3-2-7(6-9(8)16)12(13,14)15/h2-3,6,17H,4-5,16H2,1H3,(H,18,19). The van der Waals surface area contributed by atoms with Crippen molar-refractivity contribution in [1.82, 2.24) is 0 Å². The van der Waals surface area contributed by atoms with Crippen molar-refractivity contribution in [1.29, 1.82) is 0 Å². The van der Waals surface area contributed by atoms with Gasteiger partial charge in [-0.1, -0.05) is 6.07 Å². The minimum Gasteiger partial charge on any atom is -0.481 e. The summed E-state index contributed by atoms with van der Waals surface area (Å²) in [6.45, 7) is 0.897. The molecular formula is C12H14F3NO3. The Bertz CT molecular complexity index is 488. The van der Waals surface area contributed by atoms with Crippen LogP contribution < -0.4 is 5.73 Å². The lowest BCUT2D eigenvalue weighted by Gasteiger charge is -2.26. The number of hydrogen-bond donors (Lipinski definition) is 3. The third-order valence-electron chi connectivity index (χ3n) is 3.06. The van der Waals surface area contributed by atoms with Crippen LogP contribution in [0.3, 0.4) is 0 Å². The lowest BCUT2D eigenvalue weighted by atomic mass is 9.78. The maximum absolute atomic E-state index is 12.5. The van der Waals surface area contributed by atoms with Crippen molar-refractivity contribution < 1.29 is 28.2 Å². The molecule has 1 unspecified atom stereocenters. The number of rotatable bonds is 4. The number of benzene rings is 1. The average molecular weight is 277 g/mol. The number of carboxylic acids is 1. The zero-order valence-corrected chi connectivity index (χ0v) is 10.2. The van der Waals surface area contributed by atoms with Gasteiger partial charge in [-0.3, -0.25) is 4.79 Å². The van der Waals surface area contributed by atoms with Crippen LogP contribution in [0.25, 0.3) is 0 Å². The van der Waals surface area contributed by atoms with Gasteiger partial charge >= 0.3 is 12.1 Å². The molecule has 0 saturated heterocycles. The fourth-order valence-electron chi connectivity index (χ4n) is 1.82. The molecular weight excluding hydrogens is 263 g/mol. The molecule has 0 spiro atoms. The molecule has 0 fully saturated rings. The highest BCUT2D eigenvalue weighted by atomic mass is 19.4. The molecule has 0 heterocycles. The van der Waals surface area contributed by atoms with E-state index in [-0.39, 0.29) is 17.7 Å². The van der Waals surface area contributed by atoms with E-state index in [1.54, 1.807) is 0 Å². The first-order valence-electron chi connectivity index (χ1n) is 5.44. The van der Waals surface area contributed by atoms with Gasteiger partial charge in [-0.25, -0.2) is 0 Å². The molecule has 0 aliphatic heterocycles. The zero-order valence-electron chi connectivity index (χ0n) is 10.2. The smallest absolute Gasteiger partial charge is 0.416 e. The summed E-state index contributed by atoms with van der Waals surface area (Å²) in [6, 6.07) is 2.53. The molecule has 1 aromatic rings. The first-order valence-corrected chi connectivity index (χ1v) is 5.44. The summed E-state index contributed by atoms with van der Waals surface area (Å²) >= 11 is 0. The molecule has 0 aromatic heterocycles. The van der Waals surface area contributed by atoms with Gasteiger partial charge in [-0.2, -0.15) is 13.2 Å². The lowest BCUT2D eigenvalue weighted by Crippen LogP contribution is -2.34. The molecule has 1 rings (SSSR count). The molecule has 1 atom stereocenters. The first kappa shape index (κ1) is 15.3. The van der Waals surface area contributed by atoms with Gasteiger partial charge in [-0.15, -0.1) is 0 Å². The van der Waals surface area contributed by atoms with Gasteiger partial charge < -0.3 is 15.9 Å². The highest BCUT2D eigenvalue weighted by Gasteiger charge is 2.38. The van der Waals surface area contributed by atoms with E-state index >= 15 is 0 Å². The fraction of sp³-hybridized carbons (Fsp3) is 0.417. The lowest BCUT2D eigenvalue weighted by molar-refractivity contribution is -0.143. The Morgan fingerprint density at radius 2 is 1.95 bits per heavy atom. The average Bonchev–Trinajstić information content (AvgIpc) is 2.27. The predicted octanol–water partition coefficient (Wildman–Crippen LogP) is 2.01. The Morgan fingerprint density at radius 1 is 1.37 bits per heavy atom. The van der Waals surface area contributed by atoms with Crippen LogP contribution in [0, 0.1) is 0 Å². The van der Waals surface area contributed by atoms with Crippen LogP contribution in [0.15, 0.2) is 18.2 Å². The number of halogens is 3. The number of nitrogen functional groups attached to an aromatic ring is 1. The van der Waals surface area contributed by atoms with Crippen LogP contribution in [-0.2, 0) is 16.4 Å². The summed E-state index contributed by atoms with van der Waals surface area (Å²) in [6.07, 6.45) is -4.68. The second kappa shape index (κ2) is 5.08. The normalized spacial score (nSPS) is 15.0. The minimum atomic E-state index is -4.54. The highest BCUT2D eigenvalue weighted by Crippen LogP contribution is 2.36. The third kappa shape index (κ3) is 2.98. The van der Waals surface area contributed by atoms with Gasteiger partial charge in [0.05, 0.1) is 11.0 Å². The summed E-state index contributed by atoms with van der Waals surface area (Å²) in [5, 5.41) is 18.1. The second-order valence-electron chi connectivity index (χ2n) is 4.41. The molecule has 0 aliphatic carbocycles. The molecule has 1 aromatic carbocycles. The van der Waals surface area contributed by atoms with Crippen molar-refractivity contribution >= 4 is 11.7 Å². The third-order valence-corrected chi connectivity index (χ3v) is 3.06. The summed E-state index contributed by atoms with van der Waals surface area (Å²) in [7, 11) is 0. The Labute approximate surface area is 107 Å². The topological polar surface area (TPSA) is 83.5 Å². The van der Waals surface area contributed by atoms with Gasteiger partial charge in [0.15, 0.2) is 0 Å². The Balaban J connectivity index is 3.32. The monoisotopic (exact) mass is 277 g/mol. The SMILES string of the molecule is CC(CCO)(C(=O)O)c1ccc(C(F)(F)F)cc1N. The number of aliphatic carboxylic acids is 1. The van der Waals surface area contributed by atoms with Crippen molar-refractivity contribution in [2.24, 2.45) is 0 Å². The number of aliphatic hydroxyl groups is 1. The maximum atomic E-state index is 12.5. The van der Waals surface area contributed by atoms with E-state index in [1.165, 1.54) is 6.92 Å². The van der Waals surface area contributed by atoms with E-state index in [0.29, 0.717) is 6.07 Å². The Kier molecular flexibility index (Phi) is 4.09. The molecule has 4 nitrogen and oxygen atoms in total. The van der Waals surface area contributed by atoms with E-state index in [2.05, 4.69) is 0 Å². The maximum Gasteiger partial charge on any atom is 0.416 e. The van der Waals surface area contributed by atoms with E-state index in [9.17, 15) is 23.1 Å². The van der Waals surface area contributed by atoms with E-state index in [0.717, 1.165) is 12.1 Å². The molecule has 7 heteroatoms. The number of carbonyl (C=O) groups is 1. The van der Waals surface area contributed by atoms with Crippen molar-refractivity contribution in [3.8, 4) is 0 Å². The molecule has 0 saturated carbocycles. The van der Waals surface area contributed by atoms with Crippen LogP contribution in [0.2, 0.25) is 0 Å². The molecule has 19 heavy (non-hydrogen) atoms. The van der Waals surface area contributed by atoms with Crippen LogP contribution in [-0.4, -0.2) is 22.8 Å². The molecule has 0 radical (unpaired) electrons. The van der Waals surface area contributed by atoms with Crippen LogP contribution in [0.1, 0.15) is 24.5 Å². The van der Waals surface area contributed by atoms with Crippen molar-refractivity contribution in [3.63, 3.8) is 0 Å². The van der Waals surface area contributed by atoms with Gasteiger partial charge in [0.1, 0.15) is 0 Å². The first-order chi connectivity index (χ1) is 8.63. The van der Waals surface area contributed by atoms with Crippen molar-refractivity contribution in [2.75, 3.05) is 12.3 Å². The fourth-order valence-corrected chi connectivity index (χ4v) is 1.82. The van der Waals surface area contributed by atoms with Crippen LogP contribution in [0.4, 0.5) is 18.9 Å². The summed E-state index contributed by atoms with van der Waals surface area (Å²) in [4.78, 5) is 11.3. The number of anilines is 1. The van der Waals surface area contributed by atoms with Gasteiger partial charge in [0.2, 0.25) is 0 Å². The van der Waals surface area contributed by atoms with Crippen LogP contribution in [0.5, 0.6) is 0 Å². The second-order valence-corrected chi connectivity index (χ2v) is 4.41. The molecule has 0 aliphatic rings. The van der Waals surface area contributed by atoms with Gasteiger partial charge in [-0.05, 0) is 31.0 Å². The number of alkyl halides is 3. The number of hydrogen-bond acceptors (Lipinski definition) is 3. The van der Waals surface area contributed by atoms with Gasteiger partial charge in [0, 0.05) is 12.3 Å². The highest BCUT2D eigenvalue weighted by molar-refractivity contribution is 5.83. The quantitative estimate of drug-likeness (QED) is 0.735. The Hall–Kier alpha value is -1.76. The van der Waals surface area contributed by atoms with Crippen molar-refractivity contribution in [2.45, 2.75) is 24.9 Å². The number of aliphatic hydroxyl groups excluding tert-OH is 1. The van der Waals surface area contributed by atoms with E-state index in [1.807, 2.05) is 0 Å². The minimum absolute atomic E-state index is 0.0575. The zero-order chi connectivity index (χ0) is 14.8. The summed E-state index contributed by atoms with van der Waals surface area (Å²) in [5.74, 6) is -1.26. The molecule has 106 valence electrons. The summed E-state index contributed by atoms with van der Waals surface area (Å²) < 4.78 is 37.5. The molecule has 0 bridgehead atoms. The van der Waals surface area contributed by atoms with Crippen LogP contribution >= 0.6 is 0 Å². The van der Waals surface area contributed by atoms with E-state index in [4.69, 9.17) is 10.8 Å².